The molecule has 0 bridgehead atoms. The first-order chi connectivity index (χ1) is 6.50. The summed E-state index contributed by atoms with van der Waals surface area (Å²) in [7, 11) is 0. The van der Waals surface area contributed by atoms with Gasteiger partial charge in [0.2, 0.25) is 0 Å². The maximum Gasteiger partial charge on any atom is 0.197 e. The van der Waals surface area contributed by atoms with Gasteiger partial charge in [-0.1, -0.05) is 47.8 Å². The highest BCUT2D eigenvalue weighted by molar-refractivity contribution is 9.26. The van der Waals surface area contributed by atoms with Crippen LogP contribution in [0.2, 0.25) is 0 Å². The number of Topliss-reactive ketones (excluding diaryl/α,β-unsaturated/α-hetero) is 1. The van der Waals surface area contributed by atoms with Crippen LogP contribution >= 0.6 is 47.8 Å². The quantitative estimate of drug-likeness (QED) is 0.640. The SMILES string of the molecule is O=C1c2ccc(Br)cc2OCC1(Br)Br. The van der Waals surface area contributed by atoms with Crippen molar-refractivity contribution in [2.45, 2.75) is 3.23 Å². The topological polar surface area (TPSA) is 26.3 Å². The van der Waals surface area contributed by atoms with Crippen molar-refractivity contribution in [2.24, 2.45) is 0 Å². The number of carbonyl (C=O) groups excluding carboxylic acids is 1. The minimum atomic E-state index is -0.777. The van der Waals surface area contributed by atoms with Gasteiger partial charge in [0.1, 0.15) is 12.4 Å². The molecule has 0 aromatic heterocycles. The Hall–Kier alpha value is 0.130. The van der Waals surface area contributed by atoms with Gasteiger partial charge in [-0.15, -0.1) is 0 Å². The van der Waals surface area contributed by atoms with Crippen molar-refractivity contribution in [3.8, 4) is 5.75 Å². The van der Waals surface area contributed by atoms with Crippen LogP contribution in [0.15, 0.2) is 22.7 Å². The molecular formula is C9H5Br3O2. The second kappa shape index (κ2) is 3.61. The third kappa shape index (κ3) is 1.77. The maximum atomic E-state index is 11.9. The van der Waals surface area contributed by atoms with Gasteiger partial charge in [0.05, 0.1) is 5.56 Å². The van der Waals surface area contributed by atoms with E-state index in [1.165, 1.54) is 0 Å². The minimum Gasteiger partial charge on any atom is -0.490 e. The lowest BCUT2D eigenvalue weighted by Gasteiger charge is -2.26. The van der Waals surface area contributed by atoms with Crippen molar-refractivity contribution in [1.82, 2.24) is 0 Å². The highest BCUT2D eigenvalue weighted by Crippen LogP contribution is 2.39. The van der Waals surface area contributed by atoms with Crippen LogP contribution in [0.4, 0.5) is 0 Å². The second-order valence-corrected chi connectivity index (χ2v) is 7.65. The van der Waals surface area contributed by atoms with E-state index in [0.717, 1.165) is 4.47 Å². The second-order valence-electron chi connectivity index (χ2n) is 2.96. The van der Waals surface area contributed by atoms with Gasteiger partial charge in [0.15, 0.2) is 9.02 Å². The molecule has 0 amide bonds. The summed E-state index contributed by atoms with van der Waals surface area (Å²) in [5.74, 6) is 0.616. The minimum absolute atomic E-state index is 0.00810. The van der Waals surface area contributed by atoms with Crippen LogP contribution in [0.1, 0.15) is 10.4 Å². The zero-order valence-electron chi connectivity index (χ0n) is 6.89. The van der Waals surface area contributed by atoms with Gasteiger partial charge < -0.3 is 4.74 Å². The molecule has 2 nitrogen and oxygen atoms in total. The summed E-state index contributed by atoms with van der Waals surface area (Å²) in [6.07, 6.45) is 0. The van der Waals surface area contributed by atoms with E-state index in [1.807, 2.05) is 6.07 Å². The Morgan fingerprint density at radius 3 is 2.79 bits per heavy atom. The van der Waals surface area contributed by atoms with Gasteiger partial charge in [0.25, 0.3) is 0 Å². The molecule has 0 aliphatic carbocycles. The Kier molecular flexibility index (Phi) is 2.74. The molecule has 2 rings (SSSR count). The van der Waals surface area contributed by atoms with E-state index in [-0.39, 0.29) is 12.4 Å². The molecule has 1 aliphatic rings. The summed E-state index contributed by atoms with van der Waals surface area (Å²) in [4.78, 5) is 11.9. The van der Waals surface area contributed by atoms with Crippen molar-refractivity contribution in [3.63, 3.8) is 0 Å². The first kappa shape index (κ1) is 10.6. The Bertz CT molecular complexity index is 401. The van der Waals surface area contributed by atoms with Gasteiger partial charge in [-0.2, -0.15) is 0 Å². The summed E-state index contributed by atoms with van der Waals surface area (Å²) in [5.41, 5.74) is 0.591. The molecule has 0 saturated heterocycles. The maximum absolute atomic E-state index is 11.9. The van der Waals surface area contributed by atoms with Crippen LogP contribution in [0.25, 0.3) is 0 Å². The fraction of sp³-hybridized carbons (Fsp3) is 0.222. The zero-order valence-corrected chi connectivity index (χ0v) is 11.6. The van der Waals surface area contributed by atoms with E-state index >= 15 is 0 Å². The summed E-state index contributed by atoms with van der Waals surface area (Å²) in [5, 5.41) is 0. The van der Waals surface area contributed by atoms with E-state index in [9.17, 15) is 4.79 Å². The summed E-state index contributed by atoms with van der Waals surface area (Å²) in [6.45, 7) is 0.287. The molecule has 1 aliphatic heterocycles. The number of rotatable bonds is 0. The molecular weight excluding hydrogens is 380 g/mol. The van der Waals surface area contributed by atoms with Crippen molar-refractivity contribution in [2.75, 3.05) is 6.61 Å². The lowest BCUT2D eigenvalue weighted by Crippen LogP contribution is -2.36. The molecule has 0 fully saturated rings. The number of hydrogen-bond acceptors (Lipinski definition) is 2. The van der Waals surface area contributed by atoms with E-state index in [4.69, 9.17) is 4.74 Å². The van der Waals surface area contributed by atoms with Crippen LogP contribution in [0.3, 0.4) is 0 Å². The molecule has 74 valence electrons. The number of benzene rings is 1. The molecule has 1 aromatic carbocycles. The van der Waals surface area contributed by atoms with Gasteiger partial charge in [-0.05, 0) is 18.2 Å². The Labute approximate surface area is 106 Å². The molecule has 0 unspecified atom stereocenters. The highest BCUT2D eigenvalue weighted by atomic mass is 79.9. The number of halogens is 3. The van der Waals surface area contributed by atoms with Gasteiger partial charge in [-0.3, -0.25) is 4.79 Å². The molecule has 0 radical (unpaired) electrons. The van der Waals surface area contributed by atoms with Gasteiger partial charge >= 0.3 is 0 Å². The molecule has 1 heterocycles. The van der Waals surface area contributed by atoms with Gasteiger partial charge in [-0.25, -0.2) is 0 Å². The van der Waals surface area contributed by atoms with E-state index in [0.29, 0.717) is 11.3 Å². The number of ether oxygens (including phenoxy) is 1. The largest absolute Gasteiger partial charge is 0.490 e. The van der Waals surface area contributed by atoms with Crippen molar-refractivity contribution in [1.29, 1.82) is 0 Å². The number of carbonyl (C=O) groups is 1. The fourth-order valence-electron chi connectivity index (χ4n) is 1.23. The number of alkyl halides is 2. The lowest BCUT2D eigenvalue weighted by molar-refractivity contribution is 0.0933. The highest BCUT2D eigenvalue weighted by Gasteiger charge is 2.39. The van der Waals surface area contributed by atoms with Crippen molar-refractivity contribution in [3.05, 3.63) is 28.2 Å². The first-order valence-corrected chi connectivity index (χ1v) is 6.23. The standard InChI is InChI=1S/C9H5Br3O2/c10-5-1-2-6-7(3-5)14-4-9(11,12)8(6)13/h1-3H,4H2. The number of hydrogen-bond donors (Lipinski definition) is 0. The van der Waals surface area contributed by atoms with Gasteiger partial charge in [0, 0.05) is 4.47 Å². The molecule has 1 aromatic rings. The fourth-order valence-corrected chi connectivity index (χ4v) is 2.23. The van der Waals surface area contributed by atoms with E-state index < -0.39 is 3.23 Å². The number of fused-ring (bicyclic) bond motifs is 1. The van der Waals surface area contributed by atoms with Crippen LogP contribution in [-0.2, 0) is 0 Å². The molecule has 0 N–H and O–H groups in total. The molecule has 0 spiro atoms. The lowest BCUT2D eigenvalue weighted by atomic mass is 10.1. The van der Waals surface area contributed by atoms with Crippen LogP contribution in [0.5, 0.6) is 5.75 Å². The van der Waals surface area contributed by atoms with Crippen LogP contribution in [-0.4, -0.2) is 15.6 Å². The average Bonchev–Trinajstić information content (AvgIpc) is 2.12. The summed E-state index contributed by atoms with van der Waals surface area (Å²) >= 11 is 9.88. The smallest absolute Gasteiger partial charge is 0.197 e. The third-order valence-corrected chi connectivity index (χ3v) is 3.60. The van der Waals surface area contributed by atoms with Crippen LogP contribution in [0, 0.1) is 0 Å². The summed E-state index contributed by atoms with van der Waals surface area (Å²) in [6, 6.07) is 5.36. The van der Waals surface area contributed by atoms with Crippen LogP contribution < -0.4 is 4.74 Å². The van der Waals surface area contributed by atoms with E-state index in [1.54, 1.807) is 12.1 Å². The monoisotopic (exact) mass is 382 g/mol. The average molecular weight is 385 g/mol. The van der Waals surface area contributed by atoms with Crippen molar-refractivity contribution >= 4 is 53.6 Å². The first-order valence-electron chi connectivity index (χ1n) is 3.86. The normalized spacial score (nSPS) is 18.6. The molecule has 0 saturated carbocycles. The Balaban J connectivity index is 2.52. The molecule has 0 atom stereocenters. The predicted octanol–water partition coefficient (Wildman–Crippen LogP) is 3.51. The number of ketones is 1. The summed E-state index contributed by atoms with van der Waals surface area (Å²) < 4.78 is 5.57. The molecule has 14 heavy (non-hydrogen) atoms. The van der Waals surface area contributed by atoms with Crippen molar-refractivity contribution < 1.29 is 9.53 Å². The third-order valence-electron chi connectivity index (χ3n) is 1.93. The van der Waals surface area contributed by atoms with E-state index in [2.05, 4.69) is 47.8 Å². The molecule has 5 heteroatoms. The Morgan fingerprint density at radius 1 is 1.36 bits per heavy atom. The Morgan fingerprint density at radius 2 is 2.07 bits per heavy atom. The zero-order chi connectivity index (χ0) is 10.3. The predicted molar refractivity (Wildman–Crippen MR) is 64.6 cm³/mol.